The van der Waals surface area contributed by atoms with Crippen molar-refractivity contribution in [3.05, 3.63) is 24.3 Å². The van der Waals surface area contributed by atoms with Gasteiger partial charge < -0.3 is 0 Å². The second kappa shape index (κ2) is 4.24. The van der Waals surface area contributed by atoms with Gasteiger partial charge >= 0.3 is 0 Å². The Labute approximate surface area is 124 Å². The number of allylic oxidation sites excluding steroid dienone is 2. The molecule has 4 saturated carbocycles. The van der Waals surface area contributed by atoms with Crippen molar-refractivity contribution < 1.29 is 0 Å². The average Bonchev–Trinajstić information content (AvgIpc) is 2.57. The summed E-state index contributed by atoms with van der Waals surface area (Å²) in [6.45, 7) is 14.0. The number of hydrogen-bond acceptors (Lipinski definition) is 0. The summed E-state index contributed by atoms with van der Waals surface area (Å²) in [7, 11) is 0. The van der Waals surface area contributed by atoms with E-state index in [1.54, 1.807) is 0 Å². The molecule has 0 heteroatoms. The van der Waals surface area contributed by atoms with Crippen molar-refractivity contribution in [2.75, 3.05) is 0 Å². The van der Waals surface area contributed by atoms with Crippen LogP contribution >= 0.6 is 0 Å². The fourth-order valence-electron chi connectivity index (χ4n) is 7.15. The minimum absolute atomic E-state index is 0.457. The Hall–Kier alpha value is -0.520. The number of hydrogen-bond donors (Lipinski definition) is 0. The molecule has 0 N–H and O–H groups in total. The van der Waals surface area contributed by atoms with Crippen LogP contribution in [0.3, 0.4) is 0 Å². The average molecular weight is 270 g/mol. The first-order chi connectivity index (χ1) is 9.57. The lowest BCUT2D eigenvalue weighted by molar-refractivity contribution is -0.0669. The first-order valence-electron chi connectivity index (χ1n) is 8.96. The molecule has 0 aromatic heterocycles. The number of fused-ring (bicyclic) bond motifs is 3. The van der Waals surface area contributed by atoms with Crippen LogP contribution in [0.2, 0.25) is 0 Å². The van der Waals surface area contributed by atoms with Gasteiger partial charge in [-0.3, -0.25) is 0 Å². The molecule has 0 aliphatic heterocycles. The summed E-state index contributed by atoms with van der Waals surface area (Å²) in [6.07, 6.45) is 10.2. The fraction of sp³-hybridized carbons (Fsp3) is 0.800. The van der Waals surface area contributed by atoms with Crippen molar-refractivity contribution in [1.82, 2.24) is 0 Å². The van der Waals surface area contributed by atoms with E-state index in [4.69, 9.17) is 0 Å². The van der Waals surface area contributed by atoms with E-state index in [1.807, 2.05) is 0 Å². The van der Waals surface area contributed by atoms with Crippen LogP contribution in [0.4, 0.5) is 0 Å². The van der Waals surface area contributed by atoms with Crippen molar-refractivity contribution >= 4 is 0 Å². The SMILES string of the molecule is C=C1C(=C)[C@@]23CCC4C(C)CCCC4C2CC[C@@H]1C3C. The van der Waals surface area contributed by atoms with Crippen molar-refractivity contribution in [3.8, 4) is 0 Å². The maximum atomic E-state index is 4.56. The van der Waals surface area contributed by atoms with Crippen LogP contribution in [-0.4, -0.2) is 0 Å². The molecule has 7 atom stereocenters. The monoisotopic (exact) mass is 270 g/mol. The van der Waals surface area contributed by atoms with Crippen LogP contribution in [-0.2, 0) is 0 Å². The van der Waals surface area contributed by atoms with Crippen LogP contribution in [0.5, 0.6) is 0 Å². The molecule has 0 nitrogen and oxygen atoms in total. The first kappa shape index (κ1) is 13.2. The molecule has 1 spiro atoms. The molecule has 0 heterocycles. The van der Waals surface area contributed by atoms with Crippen LogP contribution in [0.15, 0.2) is 24.3 Å². The highest BCUT2D eigenvalue weighted by atomic mass is 14.7. The molecule has 0 radical (unpaired) electrons. The van der Waals surface area contributed by atoms with Crippen molar-refractivity contribution in [1.29, 1.82) is 0 Å². The normalized spacial score (nSPS) is 54.5. The van der Waals surface area contributed by atoms with E-state index in [-0.39, 0.29) is 0 Å². The molecule has 4 rings (SSSR count). The molecule has 0 saturated heterocycles. The van der Waals surface area contributed by atoms with Gasteiger partial charge in [-0.1, -0.05) is 39.8 Å². The molecular formula is C20H30. The van der Waals surface area contributed by atoms with E-state index in [1.165, 1.54) is 56.1 Å². The van der Waals surface area contributed by atoms with Gasteiger partial charge in [-0.05, 0) is 78.8 Å². The summed E-state index contributed by atoms with van der Waals surface area (Å²) < 4.78 is 0. The van der Waals surface area contributed by atoms with E-state index < -0.39 is 0 Å². The van der Waals surface area contributed by atoms with Gasteiger partial charge in [0.05, 0.1) is 0 Å². The standard InChI is InChI=1S/C20H30/c1-12-6-5-7-18-16(12)10-11-20-14(3)13(2)17(15(20)4)8-9-19(18)20/h12,15-19H,2-3,5-11H2,1,4H3/t12?,15?,16?,17-,18?,19?,20+/m0/s1. The molecule has 20 heavy (non-hydrogen) atoms. The predicted octanol–water partition coefficient (Wildman–Crippen LogP) is 5.61. The van der Waals surface area contributed by atoms with Crippen LogP contribution in [0.1, 0.15) is 58.8 Å². The number of rotatable bonds is 0. The van der Waals surface area contributed by atoms with Gasteiger partial charge in [0, 0.05) is 5.41 Å². The van der Waals surface area contributed by atoms with E-state index in [2.05, 4.69) is 27.0 Å². The predicted molar refractivity (Wildman–Crippen MR) is 85.3 cm³/mol. The Bertz CT molecular complexity index is 459. The summed E-state index contributed by atoms with van der Waals surface area (Å²) >= 11 is 0. The van der Waals surface area contributed by atoms with Crippen molar-refractivity contribution in [2.45, 2.75) is 58.8 Å². The van der Waals surface area contributed by atoms with Gasteiger partial charge in [0.2, 0.25) is 0 Å². The highest BCUT2D eigenvalue weighted by Crippen LogP contribution is 2.70. The zero-order valence-corrected chi connectivity index (χ0v) is 13.3. The minimum Gasteiger partial charge on any atom is -0.0953 e. The van der Waals surface area contributed by atoms with Gasteiger partial charge in [-0.25, -0.2) is 0 Å². The topological polar surface area (TPSA) is 0 Å². The largest absolute Gasteiger partial charge is 0.0953 e. The third-order valence-corrected chi connectivity index (χ3v) is 8.15. The third kappa shape index (κ3) is 1.39. The maximum absolute atomic E-state index is 4.56. The summed E-state index contributed by atoms with van der Waals surface area (Å²) in [5.41, 5.74) is 3.37. The highest BCUT2D eigenvalue weighted by molar-refractivity contribution is 5.44. The summed E-state index contributed by atoms with van der Waals surface area (Å²) in [4.78, 5) is 0. The Morgan fingerprint density at radius 1 is 0.950 bits per heavy atom. The van der Waals surface area contributed by atoms with E-state index >= 15 is 0 Å². The van der Waals surface area contributed by atoms with Crippen molar-refractivity contribution in [2.24, 2.45) is 40.9 Å². The van der Waals surface area contributed by atoms with Crippen LogP contribution < -0.4 is 0 Å². The molecule has 2 bridgehead atoms. The van der Waals surface area contributed by atoms with Crippen molar-refractivity contribution in [3.63, 3.8) is 0 Å². The molecule has 4 fully saturated rings. The summed E-state index contributed by atoms with van der Waals surface area (Å²) in [5.74, 6) is 5.50. The Morgan fingerprint density at radius 3 is 2.55 bits per heavy atom. The fourth-order valence-corrected chi connectivity index (χ4v) is 7.15. The molecule has 4 aliphatic rings. The molecular weight excluding hydrogens is 240 g/mol. The lowest BCUT2D eigenvalue weighted by Crippen LogP contribution is -2.50. The quantitative estimate of drug-likeness (QED) is 0.537. The Morgan fingerprint density at radius 2 is 1.75 bits per heavy atom. The molecule has 5 unspecified atom stereocenters. The summed E-state index contributed by atoms with van der Waals surface area (Å²) in [5, 5.41) is 0. The lowest BCUT2D eigenvalue weighted by atomic mass is 9.47. The van der Waals surface area contributed by atoms with E-state index in [9.17, 15) is 0 Å². The zero-order valence-electron chi connectivity index (χ0n) is 13.3. The van der Waals surface area contributed by atoms with Gasteiger partial charge in [0.25, 0.3) is 0 Å². The van der Waals surface area contributed by atoms with E-state index in [0.29, 0.717) is 5.41 Å². The Kier molecular flexibility index (Phi) is 2.79. The smallest absolute Gasteiger partial charge is 0.00122 e. The molecule has 0 amide bonds. The molecule has 4 aliphatic carbocycles. The minimum atomic E-state index is 0.457. The zero-order chi connectivity index (χ0) is 14.1. The Balaban J connectivity index is 1.76. The highest BCUT2D eigenvalue weighted by Gasteiger charge is 2.61. The van der Waals surface area contributed by atoms with Crippen LogP contribution in [0, 0.1) is 40.9 Å². The molecule has 110 valence electrons. The van der Waals surface area contributed by atoms with E-state index in [0.717, 1.165) is 35.5 Å². The van der Waals surface area contributed by atoms with Crippen LogP contribution in [0.25, 0.3) is 0 Å². The molecule has 0 aromatic rings. The first-order valence-corrected chi connectivity index (χ1v) is 8.96. The third-order valence-electron chi connectivity index (χ3n) is 8.15. The second-order valence-corrected chi connectivity index (χ2v) is 8.40. The van der Waals surface area contributed by atoms with Gasteiger partial charge in [-0.15, -0.1) is 0 Å². The maximum Gasteiger partial charge on any atom is 0.00122 e. The van der Waals surface area contributed by atoms with Gasteiger partial charge in [0.1, 0.15) is 0 Å². The summed E-state index contributed by atoms with van der Waals surface area (Å²) in [6, 6.07) is 0. The van der Waals surface area contributed by atoms with Gasteiger partial charge in [0.15, 0.2) is 0 Å². The second-order valence-electron chi connectivity index (χ2n) is 8.40. The lowest BCUT2D eigenvalue weighted by Gasteiger charge is -2.57. The van der Waals surface area contributed by atoms with Gasteiger partial charge in [-0.2, -0.15) is 0 Å². The molecule has 0 aromatic carbocycles.